The minimum atomic E-state index is -0.433. The van der Waals surface area contributed by atoms with Crippen LogP contribution in [0.2, 0.25) is 10.0 Å². The van der Waals surface area contributed by atoms with Gasteiger partial charge in [0.25, 0.3) is 5.91 Å². The van der Waals surface area contributed by atoms with E-state index in [1.165, 1.54) is 0 Å². The first kappa shape index (κ1) is 18.2. The number of anilines is 2. The molecule has 0 aliphatic heterocycles. The van der Waals surface area contributed by atoms with E-state index >= 15 is 0 Å². The van der Waals surface area contributed by atoms with Crippen LogP contribution in [0.25, 0.3) is 10.9 Å². The van der Waals surface area contributed by atoms with Crippen LogP contribution in [0.1, 0.15) is 23.7 Å². The van der Waals surface area contributed by atoms with E-state index in [4.69, 9.17) is 23.2 Å². The van der Waals surface area contributed by atoms with Gasteiger partial charge < -0.3 is 10.6 Å². The van der Waals surface area contributed by atoms with E-state index in [-0.39, 0.29) is 21.5 Å². The Morgan fingerprint density at radius 3 is 2.35 bits per heavy atom. The first-order valence-electron chi connectivity index (χ1n) is 7.94. The van der Waals surface area contributed by atoms with Crippen LogP contribution in [0.3, 0.4) is 0 Å². The van der Waals surface area contributed by atoms with E-state index in [1.54, 1.807) is 49.5 Å². The van der Waals surface area contributed by atoms with E-state index in [1.807, 2.05) is 6.07 Å². The number of halogens is 2. The molecule has 1 aromatic heterocycles. The van der Waals surface area contributed by atoms with Gasteiger partial charge in [0.05, 0.1) is 32.5 Å². The van der Waals surface area contributed by atoms with Crippen LogP contribution in [0.15, 0.2) is 48.7 Å². The molecule has 2 aromatic carbocycles. The normalized spacial score (nSPS) is 10.6. The molecule has 26 heavy (non-hydrogen) atoms. The molecule has 0 spiro atoms. The van der Waals surface area contributed by atoms with Crippen molar-refractivity contribution < 1.29 is 9.59 Å². The van der Waals surface area contributed by atoms with Gasteiger partial charge in [0, 0.05) is 18.0 Å². The number of carbonyl (C=O) groups excluding carboxylic acids is 2. The lowest BCUT2D eigenvalue weighted by atomic mass is 10.1. The van der Waals surface area contributed by atoms with Crippen molar-refractivity contribution in [3.8, 4) is 0 Å². The monoisotopic (exact) mass is 387 g/mol. The molecule has 1 heterocycles. The molecule has 0 aliphatic carbocycles. The van der Waals surface area contributed by atoms with E-state index in [9.17, 15) is 9.59 Å². The number of rotatable bonds is 4. The Hall–Kier alpha value is -2.63. The van der Waals surface area contributed by atoms with Gasteiger partial charge in [-0.1, -0.05) is 48.3 Å². The number of para-hydroxylation sites is 1. The quantitative estimate of drug-likeness (QED) is 0.650. The fourth-order valence-corrected chi connectivity index (χ4v) is 3.09. The summed E-state index contributed by atoms with van der Waals surface area (Å²) in [5.74, 6) is -0.535. The fourth-order valence-electron chi connectivity index (χ4n) is 2.52. The number of benzene rings is 2. The molecule has 2 amide bonds. The number of nitrogens with zero attached hydrogens (tertiary/aromatic N) is 1. The molecular weight excluding hydrogens is 373 g/mol. The molecule has 0 saturated heterocycles. The lowest BCUT2D eigenvalue weighted by Gasteiger charge is -2.12. The third-order valence-corrected chi connectivity index (χ3v) is 4.43. The number of hydrogen-bond donors (Lipinski definition) is 2. The average molecular weight is 388 g/mol. The van der Waals surface area contributed by atoms with Crippen LogP contribution in [-0.2, 0) is 4.79 Å². The molecule has 0 saturated carbocycles. The minimum absolute atomic E-state index is 0.102. The van der Waals surface area contributed by atoms with E-state index in [0.29, 0.717) is 23.3 Å². The highest BCUT2D eigenvalue weighted by Gasteiger charge is 2.16. The van der Waals surface area contributed by atoms with Crippen molar-refractivity contribution in [2.45, 2.75) is 13.3 Å². The van der Waals surface area contributed by atoms with Crippen LogP contribution in [0.5, 0.6) is 0 Å². The largest absolute Gasteiger partial charge is 0.325 e. The Morgan fingerprint density at radius 1 is 0.962 bits per heavy atom. The van der Waals surface area contributed by atoms with Crippen molar-refractivity contribution in [1.82, 2.24) is 4.98 Å². The minimum Gasteiger partial charge on any atom is -0.325 e. The zero-order valence-corrected chi connectivity index (χ0v) is 15.4. The summed E-state index contributed by atoms with van der Waals surface area (Å²) in [7, 11) is 0. The maximum absolute atomic E-state index is 12.6. The summed E-state index contributed by atoms with van der Waals surface area (Å²) >= 11 is 12.2. The molecule has 7 heteroatoms. The molecule has 0 aliphatic rings. The van der Waals surface area contributed by atoms with Gasteiger partial charge in [-0.2, -0.15) is 0 Å². The zero-order chi connectivity index (χ0) is 18.7. The zero-order valence-electron chi connectivity index (χ0n) is 13.8. The fraction of sp³-hybridized carbons (Fsp3) is 0.105. The van der Waals surface area contributed by atoms with Crippen LogP contribution in [-0.4, -0.2) is 16.8 Å². The number of pyridine rings is 1. The van der Waals surface area contributed by atoms with Crippen molar-refractivity contribution >= 4 is 57.3 Å². The second-order valence-electron chi connectivity index (χ2n) is 5.51. The van der Waals surface area contributed by atoms with Crippen molar-refractivity contribution in [2.24, 2.45) is 0 Å². The van der Waals surface area contributed by atoms with Gasteiger partial charge >= 0.3 is 0 Å². The Labute approximate surface area is 160 Å². The first-order valence-corrected chi connectivity index (χ1v) is 8.69. The highest BCUT2D eigenvalue weighted by atomic mass is 35.5. The third-order valence-electron chi connectivity index (χ3n) is 3.80. The summed E-state index contributed by atoms with van der Waals surface area (Å²) < 4.78 is 0. The topological polar surface area (TPSA) is 71.1 Å². The molecule has 0 fully saturated rings. The van der Waals surface area contributed by atoms with E-state index in [0.717, 1.165) is 5.39 Å². The van der Waals surface area contributed by atoms with Crippen LogP contribution in [0, 0.1) is 0 Å². The Kier molecular flexibility index (Phi) is 5.40. The molecule has 0 atom stereocenters. The average Bonchev–Trinajstić information content (AvgIpc) is 2.62. The summed E-state index contributed by atoms with van der Waals surface area (Å²) in [6.45, 7) is 1.78. The smallest absolute Gasteiger partial charge is 0.258 e. The Morgan fingerprint density at radius 2 is 1.65 bits per heavy atom. The molecule has 0 unspecified atom stereocenters. The predicted octanol–water partition coefficient (Wildman–Crippen LogP) is 5.14. The van der Waals surface area contributed by atoms with Gasteiger partial charge in [0.15, 0.2) is 0 Å². The Balaban J connectivity index is 2.00. The molecule has 2 N–H and O–H groups in total. The van der Waals surface area contributed by atoms with Gasteiger partial charge in [0.2, 0.25) is 5.91 Å². The lowest BCUT2D eigenvalue weighted by Crippen LogP contribution is -2.14. The van der Waals surface area contributed by atoms with Gasteiger partial charge in [-0.3, -0.25) is 14.6 Å². The lowest BCUT2D eigenvalue weighted by molar-refractivity contribution is -0.115. The number of amides is 2. The highest BCUT2D eigenvalue weighted by molar-refractivity contribution is 6.40. The standard InChI is InChI=1S/C19H15Cl2N3O2/c1-2-16(25)23-14-9-10-22-18-11(14)5-3-8-15(18)24-19(26)17-12(20)6-4-7-13(17)21/h3-10H,2H2,1H3,(H,24,26)(H,22,23,25). The van der Waals surface area contributed by atoms with Crippen LogP contribution in [0.4, 0.5) is 11.4 Å². The van der Waals surface area contributed by atoms with E-state index in [2.05, 4.69) is 15.6 Å². The summed E-state index contributed by atoms with van der Waals surface area (Å²) in [5, 5.41) is 6.87. The number of nitrogens with one attached hydrogen (secondary N) is 2. The summed E-state index contributed by atoms with van der Waals surface area (Å²) in [6.07, 6.45) is 1.94. The van der Waals surface area contributed by atoms with Crippen molar-refractivity contribution in [3.63, 3.8) is 0 Å². The first-order chi connectivity index (χ1) is 12.5. The van der Waals surface area contributed by atoms with Crippen LogP contribution >= 0.6 is 23.2 Å². The number of hydrogen-bond acceptors (Lipinski definition) is 3. The van der Waals surface area contributed by atoms with Gasteiger partial charge in [-0.05, 0) is 24.3 Å². The molecule has 132 valence electrons. The molecule has 0 radical (unpaired) electrons. The van der Waals surface area contributed by atoms with Crippen molar-refractivity contribution in [3.05, 3.63) is 64.3 Å². The SMILES string of the molecule is CCC(=O)Nc1ccnc2c(NC(=O)c3c(Cl)cccc3Cl)cccc12. The summed E-state index contributed by atoms with van der Waals surface area (Å²) in [5.41, 5.74) is 1.88. The van der Waals surface area contributed by atoms with Gasteiger partial charge in [-0.15, -0.1) is 0 Å². The van der Waals surface area contributed by atoms with E-state index < -0.39 is 5.91 Å². The summed E-state index contributed by atoms with van der Waals surface area (Å²) in [6, 6.07) is 11.9. The molecular formula is C19H15Cl2N3O2. The van der Waals surface area contributed by atoms with Crippen molar-refractivity contribution in [1.29, 1.82) is 0 Å². The molecule has 3 aromatic rings. The molecule has 5 nitrogen and oxygen atoms in total. The highest BCUT2D eigenvalue weighted by Crippen LogP contribution is 2.29. The summed E-state index contributed by atoms with van der Waals surface area (Å²) in [4.78, 5) is 28.7. The van der Waals surface area contributed by atoms with Gasteiger partial charge in [0.1, 0.15) is 0 Å². The van der Waals surface area contributed by atoms with Crippen molar-refractivity contribution in [2.75, 3.05) is 10.6 Å². The number of carbonyl (C=O) groups is 2. The molecule has 3 rings (SSSR count). The number of fused-ring (bicyclic) bond motifs is 1. The third kappa shape index (κ3) is 3.64. The van der Waals surface area contributed by atoms with Gasteiger partial charge in [-0.25, -0.2) is 0 Å². The second-order valence-corrected chi connectivity index (χ2v) is 6.33. The predicted molar refractivity (Wildman–Crippen MR) is 105 cm³/mol. The number of aromatic nitrogens is 1. The maximum atomic E-state index is 12.6. The van der Waals surface area contributed by atoms with Crippen LogP contribution < -0.4 is 10.6 Å². The maximum Gasteiger partial charge on any atom is 0.258 e. The second kappa shape index (κ2) is 7.72. The molecule has 0 bridgehead atoms. The Bertz CT molecular complexity index is 985.